The smallest absolute Gasteiger partial charge is 0.219 e. The number of rotatable bonds is 1. The third-order valence-corrected chi connectivity index (χ3v) is 3.93. The highest BCUT2D eigenvalue weighted by atomic mass is 16.2. The van der Waals surface area contributed by atoms with Gasteiger partial charge in [-0.3, -0.25) is 4.79 Å². The first-order valence-corrected chi connectivity index (χ1v) is 6.91. The van der Waals surface area contributed by atoms with Crippen LogP contribution in [0.4, 0.5) is 5.69 Å². The molecule has 1 aliphatic rings. The third kappa shape index (κ3) is 2.43. The van der Waals surface area contributed by atoms with Crippen LogP contribution in [0.3, 0.4) is 0 Å². The van der Waals surface area contributed by atoms with Crippen molar-refractivity contribution < 1.29 is 4.79 Å². The van der Waals surface area contributed by atoms with Crippen molar-refractivity contribution in [1.29, 1.82) is 0 Å². The first-order valence-electron chi connectivity index (χ1n) is 6.91. The second-order valence-electron chi connectivity index (χ2n) is 5.33. The monoisotopic (exact) mass is 270 g/mol. The van der Waals surface area contributed by atoms with Gasteiger partial charge in [-0.1, -0.05) is 0 Å². The number of nitrogens with two attached hydrogens (primary N) is 1. The van der Waals surface area contributed by atoms with Gasteiger partial charge in [0, 0.05) is 43.2 Å². The summed E-state index contributed by atoms with van der Waals surface area (Å²) in [6.07, 6.45) is 3.70. The molecule has 20 heavy (non-hydrogen) atoms. The Balaban J connectivity index is 1.82. The number of hydrogen-bond donors (Lipinski definition) is 1. The fraction of sp³-hybridized carbons (Fsp3) is 0.400. The van der Waals surface area contributed by atoms with Crippen LogP contribution < -0.4 is 5.73 Å². The van der Waals surface area contributed by atoms with E-state index in [0.717, 1.165) is 42.7 Å². The average molecular weight is 270 g/mol. The number of likely N-dealkylation sites (tertiary alicyclic amines) is 1. The van der Waals surface area contributed by atoms with Crippen molar-refractivity contribution in [2.45, 2.75) is 25.7 Å². The van der Waals surface area contributed by atoms with Gasteiger partial charge in [0.2, 0.25) is 5.91 Å². The standard InChI is InChI=1S/C15H18N4O/c1-10(20)19-6-4-11(5-7-19)15-17-9-12-2-3-13(16)8-14(12)18-15/h2-3,8-9,11H,4-7,16H2,1H3. The Morgan fingerprint density at radius 3 is 2.80 bits per heavy atom. The fourth-order valence-corrected chi connectivity index (χ4v) is 2.70. The van der Waals surface area contributed by atoms with E-state index in [0.29, 0.717) is 11.6 Å². The topological polar surface area (TPSA) is 72.1 Å². The Bertz CT molecular complexity index is 647. The van der Waals surface area contributed by atoms with Gasteiger partial charge < -0.3 is 10.6 Å². The van der Waals surface area contributed by atoms with Crippen LogP contribution in [0.5, 0.6) is 0 Å². The third-order valence-electron chi connectivity index (χ3n) is 3.93. The predicted octanol–water partition coefficient (Wildman–Crippen LogP) is 1.94. The van der Waals surface area contributed by atoms with Gasteiger partial charge in [-0.25, -0.2) is 9.97 Å². The summed E-state index contributed by atoms with van der Waals surface area (Å²) in [5.74, 6) is 1.35. The van der Waals surface area contributed by atoms with E-state index in [1.807, 2.05) is 29.3 Å². The minimum absolute atomic E-state index is 0.149. The Kier molecular flexibility index (Phi) is 3.26. The molecule has 1 aromatic heterocycles. The maximum absolute atomic E-state index is 11.3. The van der Waals surface area contributed by atoms with Gasteiger partial charge >= 0.3 is 0 Å². The number of amides is 1. The summed E-state index contributed by atoms with van der Waals surface area (Å²) in [6, 6.07) is 5.68. The molecule has 0 aliphatic carbocycles. The highest BCUT2D eigenvalue weighted by Crippen LogP contribution is 2.26. The van der Waals surface area contributed by atoms with E-state index in [4.69, 9.17) is 5.73 Å². The van der Waals surface area contributed by atoms with E-state index in [9.17, 15) is 4.79 Å². The van der Waals surface area contributed by atoms with Crippen molar-refractivity contribution in [3.8, 4) is 0 Å². The van der Waals surface area contributed by atoms with E-state index in [2.05, 4.69) is 9.97 Å². The summed E-state index contributed by atoms with van der Waals surface area (Å²) >= 11 is 0. The van der Waals surface area contributed by atoms with E-state index < -0.39 is 0 Å². The zero-order chi connectivity index (χ0) is 14.1. The number of carbonyl (C=O) groups is 1. The van der Waals surface area contributed by atoms with Crippen molar-refractivity contribution in [3.05, 3.63) is 30.2 Å². The molecular formula is C15H18N4O. The van der Waals surface area contributed by atoms with Gasteiger partial charge in [0.15, 0.2) is 0 Å². The molecule has 1 saturated heterocycles. The Labute approximate surface area is 117 Å². The van der Waals surface area contributed by atoms with E-state index >= 15 is 0 Å². The summed E-state index contributed by atoms with van der Waals surface area (Å²) in [5.41, 5.74) is 7.41. The van der Waals surface area contributed by atoms with Crippen molar-refractivity contribution in [3.63, 3.8) is 0 Å². The first kappa shape index (κ1) is 12.8. The van der Waals surface area contributed by atoms with Crippen LogP contribution in [0.1, 0.15) is 31.5 Å². The van der Waals surface area contributed by atoms with Crippen LogP contribution >= 0.6 is 0 Å². The number of fused-ring (bicyclic) bond motifs is 1. The van der Waals surface area contributed by atoms with E-state index in [-0.39, 0.29) is 5.91 Å². The van der Waals surface area contributed by atoms with Crippen LogP contribution in [-0.2, 0) is 4.79 Å². The molecule has 2 N–H and O–H groups in total. The molecule has 1 amide bonds. The largest absolute Gasteiger partial charge is 0.399 e. The maximum Gasteiger partial charge on any atom is 0.219 e. The van der Waals surface area contributed by atoms with Gasteiger partial charge in [0.05, 0.1) is 5.52 Å². The Hall–Kier alpha value is -2.17. The molecule has 2 aromatic rings. The molecule has 1 fully saturated rings. The Morgan fingerprint density at radius 1 is 1.35 bits per heavy atom. The van der Waals surface area contributed by atoms with Crippen LogP contribution in [0.2, 0.25) is 0 Å². The number of piperidine rings is 1. The fourth-order valence-electron chi connectivity index (χ4n) is 2.70. The van der Waals surface area contributed by atoms with E-state index in [1.54, 1.807) is 6.92 Å². The lowest BCUT2D eigenvalue weighted by atomic mass is 9.96. The number of hydrogen-bond acceptors (Lipinski definition) is 4. The van der Waals surface area contributed by atoms with Crippen LogP contribution in [0.15, 0.2) is 24.4 Å². The predicted molar refractivity (Wildman–Crippen MR) is 78.2 cm³/mol. The summed E-state index contributed by atoms with van der Waals surface area (Å²) < 4.78 is 0. The molecule has 5 nitrogen and oxygen atoms in total. The molecule has 0 unspecified atom stereocenters. The number of carbonyl (C=O) groups excluding carboxylic acids is 1. The lowest BCUT2D eigenvalue weighted by molar-refractivity contribution is -0.129. The average Bonchev–Trinajstić information content (AvgIpc) is 2.46. The zero-order valence-corrected chi connectivity index (χ0v) is 11.5. The molecule has 0 spiro atoms. The summed E-state index contributed by atoms with van der Waals surface area (Å²) in [6.45, 7) is 3.20. The quantitative estimate of drug-likeness (QED) is 0.804. The molecule has 0 atom stereocenters. The van der Waals surface area contributed by atoms with Gasteiger partial charge in [-0.2, -0.15) is 0 Å². The van der Waals surface area contributed by atoms with Crippen molar-refractivity contribution in [2.24, 2.45) is 0 Å². The maximum atomic E-state index is 11.3. The second kappa shape index (κ2) is 5.07. The Morgan fingerprint density at radius 2 is 2.10 bits per heavy atom. The number of benzene rings is 1. The minimum atomic E-state index is 0.149. The lowest BCUT2D eigenvalue weighted by Crippen LogP contribution is -2.36. The molecule has 1 aliphatic heterocycles. The number of anilines is 1. The summed E-state index contributed by atoms with van der Waals surface area (Å²) in [4.78, 5) is 22.3. The normalized spacial score (nSPS) is 16.6. The van der Waals surface area contributed by atoms with Gasteiger partial charge in [-0.05, 0) is 31.0 Å². The molecule has 3 rings (SSSR count). The van der Waals surface area contributed by atoms with Gasteiger partial charge in [0.25, 0.3) is 0 Å². The summed E-state index contributed by atoms with van der Waals surface area (Å²) in [5, 5.41) is 1.00. The number of nitrogen functional groups attached to an aromatic ring is 1. The summed E-state index contributed by atoms with van der Waals surface area (Å²) in [7, 11) is 0. The van der Waals surface area contributed by atoms with Crippen LogP contribution in [-0.4, -0.2) is 33.9 Å². The molecule has 104 valence electrons. The molecule has 1 aromatic carbocycles. The van der Waals surface area contributed by atoms with E-state index in [1.165, 1.54) is 0 Å². The lowest BCUT2D eigenvalue weighted by Gasteiger charge is -2.30. The molecular weight excluding hydrogens is 252 g/mol. The SMILES string of the molecule is CC(=O)N1CCC(c2ncc3ccc(N)cc3n2)CC1. The van der Waals surface area contributed by atoms with Crippen molar-refractivity contribution >= 4 is 22.5 Å². The molecule has 0 radical (unpaired) electrons. The zero-order valence-electron chi connectivity index (χ0n) is 11.5. The van der Waals surface area contributed by atoms with Gasteiger partial charge in [-0.15, -0.1) is 0 Å². The number of nitrogens with zero attached hydrogens (tertiary/aromatic N) is 3. The second-order valence-corrected chi connectivity index (χ2v) is 5.33. The highest BCUT2D eigenvalue weighted by molar-refractivity contribution is 5.80. The van der Waals surface area contributed by atoms with Crippen LogP contribution in [0.25, 0.3) is 10.9 Å². The van der Waals surface area contributed by atoms with Gasteiger partial charge in [0.1, 0.15) is 5.82 Å². The minimum Gasteiger partial charge on any atom is -0.399 e. The highest BCUT2D eigenvalue weighted by Gasteiger charge is 2.23. The molecule has 5 heteroatoms. The van der Waals surface area contributed by atoms with Crippen LogP contribution in [0, 0.1) is 0 Å². The van der Waals surface area contributed by atoms with Crippen molar-refractivity contribution in [1.82, 2.24) is 14.9 Å². The van der Waals surface area contributed by atoms with Crippen molar-refractivity contribution in [2.75, 3.05) is 18.8 Å². The first-order chi connectivity index (χ1) is 9.63. The number of aromatic nitrogens is 2. The molecule has 0 bridgehead atoms. The molecule has 0 saturated carbocycles. The molecule has 2 heterocycles.